The molecule has 0 radical (unpaired) electrons. The summed E-state index contributed by atoms with van der Waals surface area (Å²) in [7, 11) is 1.70. The molecule has 0 aromatic heterocycles. The van der Waals surface area contributed by atoms with Gasteiger partial charge in [0, 0.05) is 31.6 Å². The van der Waals surface area contributed by atoms with Crippen molar-refractivity contribution in [3.8, 4) is 5.75 Å². The third-order valence-corrected chi connectivity index (χ3v) is 6.96. The zero-order chi connectivity index (χ0) is 26.3. The van der Waals surface area contributed by atoms with Crippen LogP contribution in [0.15, 0.2) is 48.5 Å². The van der Waals surface area contributed by atoms with Gasteiger partial charge in [0.1, 0.15) is 5.75 Å². The maximum absolute atomic E-state index is 12.8. The van der Waals surface area contributed by atoms with Gasteiger partial charge in [-0.15, -0.1) is 0 Å². The summed E-state index contributed by atoms with van der Waals surface area (Å²) in [6.07, 6.45) is -0.0449. The molecule has 2 aliphatic rings. The van der Waals surface area contributed by atoms with Crippen LogP contribution in [0.5, 0.6) is 5.75 Å². The SMILES string of the molecule is COc1ccc(CN2CCCC3(CCC(=O)N3Cc3ccc(C)cc3)CC2)cc1.O=C(O)C(F)(F)F. The van der Waals surface area contributed by atoms with E-state index in [0.29, 0.717) is 12.3 Å². The van der Waals surface area contributed by atoms with Crippen LogP contribution in [0, 0.1) is 6.92 Å². The number of amides is 1. The van der Waals surface area contributed by atoms with E-state index in [1.165, 1.54) is 16.7 Å². The quantitative estimate of drug-likeness (QED) is 0.605. The van der Waals surface area contributed by atoms with Crippen molar-refractivity contribution in [2.45, 2.75) is 63.8 Å². The molecule has 4 rings (SSSR count). The van der Waals surface area contributed by atoms with Crippen molar-refractivity contribution in [2.75, 3.05) is 20.2 Å². The molecule has 1 spiro atoms. The second kappa shape index (κ2) is 11.8. The lowest BCUT2D eigenvalue weighted by molar-refractivity contribution is -0.192. The van der Waals surface area contributed by atoms with Crippen molar-refractivity contribution < 1.29 is 32.6 Å². The fraction of sp³-hybridized carbons (Fsp3) is 0.481. The van der Waals surface area contributed by atoms with Crippen LogP contribution in [-0.2, 0) is 22.7 Å². The van der Waals surface area contributed by atoms with Crippen molar-refractivity contribution in [1.29, 1.82) is 0 Å². The van der Waals surface area contributed by atoms with Crippen LogP contribution in [-0.4, -0.2) is 58.7 Å². The van der Waals surface area contributed by atoms with Crippen LogP contribution >= 0.6 is 0 Å². The van der Waals surface area contributed by atoms with Crippen LogP contribution in [0.2, 0.25) is 0 Å². The Bertz CT molecular complexity index is 1020. The molecule has 1 amide bonds. The average Bonchev–Trinajstić information content (AvgIpc) is 3.00. The van der Waals surface area contributed by atoms with E-state index in [2.05, 4.69) is 53.1 Å². The molecule has 2 saturated heterocycles. The molecule has 2 fully saturated rings. The molecule has 2 heterocycles. The lowest BCUT2D eigenvalue weighted by atomic mass is 9.87. The van der Waals surface area contributed by atoms with E-state index in [4.69, 9.17) is 14.6 Å². The third-order valence-electron chi connectivity index (χ3n) is 6.96. The molecule has 0 bridgehead atoms. The van der Waals surface area contributed by atoms with Gasteiger partial charge in [0.2, 0.25) is 5.91 Å². The fourth-order valence-electron chi connectivity index (χ4n) is 4.91. The number of likely N-dealkylation sites (tertiary alicyclic amines) is 2. The Balaban J connectivity index is 0.000000454. The molecule has 9 heteroatoms. The summed E-state index contributed by atoms with van der Waals surface area (Å²) < 4.78 is 37.0. The number of hydrogen-bond donors (Lipinski definition) is 1. The molecule has 36 heavy (non-hydrogen) atoms. The van der Waals surface area contributed by atoms with Gasteiger partial charge in [0.25, 0.3) is 0 Å². The second-order valence-electron chi connectivity index (χ2n) is 9.47. The van der Waals surface area contributed by atoms with E-state index in [1.807, 2.05) is 12.1 Å². The predicted molar refractivity (Wildman–Crippen MR) is 130 cm³/mol. The molecule has 0 saturated carbocycles. The molecule has 1 unspecified atom stereocenters. The monoisotopic (exact) mass is 506 g/mol. The molecular formula is C27H33F3N2O4. The maximum Gasteiger partial charge on any atom is 0.490 e. The predicted octanol–water partition coefficient (Wildman–Crippen LogP) is 5.18. The normalized spacial score (nSPS) is 20.6. The van der Waals surface area contributed by atoms with Gasteiger partial charge in [-0.25, -0.2) is 4.79 Å². The van der Waals surface area contributed by atoms with Crippen molar-refractivity contribution >= 4 is 11.9 Å². The number of nitrogens with zero attached hydrogens (tertiary/aromatic N) is 2. The zero-order valence-corrected chi connectivity index (χ0v) is 20.7. The van der Waals surface area contributed by atoms with Gasteiger partial charge < -0.3 is 14.7 Å². The number of hydrogen-bond acceptors (Lipinski definition) is 4. The number of aryl methyl sites for hydroxylation is 1. The number of benzene rings is 2. The maximum atomic E-state index is 12.8. The Morgan fingerprint density at radius 3 is 2.14 bits per heavy atom. The van der Waals surface area contributed by atoms with Crippen molar-refractivity contribution in [2.24, 2.45) is 0 Å². The number of aliphatic carboxylic acids is 1. The van der Waals surface area contributed by atoms with E-state index in [-0.39, 0.29) is 5.54 Å². The summed E-state index contributed by atoms with van der Waals surface area (Å²) in [4.78, 5) is 26.4. The van der Waals surface area contributed by atoms with Crippen molar-refractivity contribution in [3.63, 3.8) is 0 Å². The molecule has 6 nitrogen and oxygen atoms in total. The van der Waals surface area contributed by atoms with Crippen LogP contribution in [0.25, 0.3) is 0 Å². The minimum Gasteiger partial charge on any atom is -0.497 e. The third kappa shape index (κ3) is 7.22. The number of carbonyl (C=O) groups is 2. The van der Waals surface area contributed by atoms with Gasteiger partial charge >= 0.3 is 12.1 Å². The van der Waals surface area contributed by atoms with E-state index in [9.17, 15) is 18.0 Å². The molecule has 2 aromatic rings. The van der Waals surface area contributed by atoms with E-state index >= 15 is 0 Å². The topological polar surface area (TPSA) is 70.1 Å². The van der Waals surface area contributed by atoms with E-state index < -0.39 is 12.1 Å². The largest absolute Gasteiger partial charge is 0.497 e. The summed E-state index contributed by atoms with van der Waals surface area (Å²) in [5.74, 6) is -1.53. The average molecular weight is 507 g/mol. The Labute approximate surface area is 209 Å². The smallest absolute Gasteiger partial charge is 0.490 e. The first kappa shape index (κ1) is 27.5. The Morgan fingerprint density at radius 1 is 0.972 bits per heavy atom. The highest BCUT2D eigenvalue weighted by Crippen LogP contribution is 2.40. The minimum atomic E-state index is -5.08. The first-order valence-electron chi connectivity index (χ1n) is 12.0. The minimum absolute atomic E-state index is 0.0383. The molecule has 2 aromatic carbocycles. The van der Waals surface area contributed by atoms with Crippen molar-refractivity contribution in [3.05, 3.63) is 65.2 Å². The number of ether oxygens (including phenoxy) is 1. The number of halogens is 3. The molecular weight excluding hydrogens is 473 g/mol. The van der Waals surface area contributed by atoms with Crippen LogP contribution in [0.3, 0.4) is 0 Å². The van der Waals surface area contributed by atoms with Crippen LogP contribution < -0.4 is 4.74 Å². The lowest BCUT2D eigenvalue weighted by Crippen LogP contribution is -2.45. The van der Waals surface area contributed by atoms with E-state index in [1.54, 1.807) is 7.11 Å². The number of alkyl halides is 3. The van der Waals surface area contributed by atoms with E-state index in [0.717, 1.165) is 57.6 Å². The van der Waals surface area contributed by atoms with Gasteiger partial charge in [-0.2, -0.15) is 13.2 Å². The molecule has 1 N–H and O–H groups in total. The van der Waals surface area contributed by atoms with Crippen LogP contribution in [0.1, 0.15) is 48.8 Å². The highest BCUT2D eigenvalue weighted by atomic mass is 19.4. The van der Waals surface area contributed by atoms with Gasteiger partial charge in [0.15, 0.2) is 0 Å². The summed E-state index contributed by atoms with van der Waals surface area (Å²) >= 11 is 0. The molecule has 2 aliphatic heterocycles. The van der Waals surface area contributed by atoms with Crippen LogP contribution in [0.4, 0.5) is 13.2 Å². The molecule has 1 atom stereocenters. The first-order valence-corrected chi connectivity index (χ1v) is 12.0. The number of carboxylic acids is 1. The zero-order valence-electron chi connectivity index (χ0n) is 20.7. The standard InChI is InChI=1S/C25H32N2O2.C2HF3O2/c1-20-4-6-22(7-5-20)19-27-24(28)12-14-25(27)13-3-16-26(17-15-25)18-21-8-10-23(29-2)11-9-21;3-2(4,5)1(6)7/h4-11H,3,12-19H2,1-2H3;(H,6,7). The Morgan fingerprint density at radius 2 is 1.56 bits per heavy atom. The van der Waals surface area contributed by atoms with Gasteiger partial charge in [-0.1, -0.05) is 42.0 Å². The summed E-state index contributed by atoms with van der Waals surface area (Å²) in [6, 6.07) is 17.0. The van der Waals surface area contributed by atoms with Gasteiger partial charge in [0.05, 0.1) is 7.11 Å². The molecule has 0 aliphatic carbocycles. The number of carbonyl (C=O) groups excluding carboxylic acids is 1. The highest BCUT2D eigenvalue weighted by molar-refractivity contribution is 5.79. The summed E-state index contributed by atoms with van der Waals surface area (Å²) in [6.45, 7) is 5.96. The Hall–Kier alpha value is -3.07. The Kier molecular flexibility index (Phi) is 9.00. The van der Waals surface area contributed by atoms with Crippen molar-refractivity contribution in [1.82, 2.24) is 9.80 Å². The fourth-order valence-corrected chi connectivity index (χ4v) is 4.91. The number of carboxylic acid groups (broad SMARTS) is 1. The summed E-state index contributed by atoms with van der Waals surface area (Å²) in [5.41, 5.74) is 3.86. The highest BCUT2D eigenvalue weighted by Gasteiger charge is 2.45. The second-order valence-corrected chi connectivity index (χ2v) is 9.47. The number of rotatable bonds is 5. The summed E-state index contributed by atoms with van der Waals surface area (Å²) in [5, 5.41) is 7.12. The number of methoxy groups -OCH3 is 1. The molecule has 196 valence electrons. The van der Waals surface area contributed by atoms with Gasteiger partial charge in [-0.3, -0.25) is 9.69 Å². The lowest BCUT2D eigenvalue weighted by Gasteiger charge is -2.38. The van der Waals surface area contributed by atoms with Gasteiger partial charge in [-0.05, 0) is 62.4 Å². The first-order chi connectivity index (χ1) is 17.0.